The molecule has 1 aliphatic heterocycles. The zero-order valence-corrected chi connectivity index (χ0v) is 16.4. The zero-order valence-electron chi connectivity index (χ0n) is 14.9. The molecule has 0 saturated heterocycles. The number of ether oxygens (including phenoxy) is 1. The molecule has 4 rings (SSSR count). The van der Waals surface area contributed by atoms with Crippen LogP contribution in [-0.2, 0) is 13.0 Å². The molecule has 3 N–H and O–H groups in total. The summed E-state index contributed by atoms with van der Waals surface area (Å²) in [5.41, 5.74) is 8.66. The van der Waals surface area contributed by atoms with Crippen molar-refractivity contribution in [3.63, 3.8) is 0 Å². The Morgan fingerprint density at radius 2 is 2.14 bits per heavy atom. The van der Waals surface area contributed by atoms with Gasteiger partial charge in [-0.1, -0.05) is 23.2 Å². The van der Waals surface area contributed by atoms with Crippen LogP contribution in [0.4, 0.5) is 10.2 Å². The zero-order chi connectivity index (χ0) is 20.0. The fourth-order valence-electron chi connectivity index (χ4n) is 3.28. The second-order valence-electron chi connectivity index (χ2n) is 6.69. The lowest BCUT2D eigenvalue weighted by Gasteiger charge is -2.19. The normalized spacial score (nSPS) is 16.8. The first-order valence-corrected chi connectivity index (χ1v) is 9.39. The molecule has 3 aromatic rings. The van der Waals surface area contributed by atoms with Gasteiger partial charge in [0.15, 0.2) is 11.6 Å². The third kappa shape index (κ3) is 3.41. The molecule has 0 spiro atoms. The molecule has 0 saturated carbocycles. The molecule has 9 heteroatoms. The SMILES string of the molecule is CC(Oc1cc(-c2cc3n(n2)CC(O)C3)cnc1N)c1c(Cl)ccc(F)c1Cl. The van der Waals surface area contributed by atoms with Crippen molar-refractivity contribution in [2.24, 2.45) is 0 Å². The summed E-state index contributed by atoms with van der Waals surface area (Å²) in [6.07, 6.45) is 1.11. The van der Waals surface area contributed by atoms with Crippen LogP contribution in [-0.4, -0.2) is 26.0 Å². The highest BCUT2D eigenvalue weighted by molar-refractivity contribution is 6.36. The highest BCUT2D eigenvalue weighted by Crippen LogP contribution is 2.37. The molecular formula is C19H17Cl2FN4O2. The topological polar surface area (TPSA) is 86.2 Å². The van der Waals surface area contributed by atoms with Crippen LogP contribution in [0.2, 0.25) is 10.0 Å². The number of aliphatic hydroxyl groups is 1. The Balaban J connectivity index is 1.63. The summed E-state index contributed by atoms with van der Waals surface area (Å²) in [5.74, 6) is -0.0814. The maximum absolute atomic E-state index is 13.8. The Bertz CT molecular complexity index is 1030. The summed E-state index contributed by atoms with van der Waals surface area (Å²) in [7, 11) is 0. The molecule has 146 valence electrons. The van der Waals surface area contributed by atoms with Gasteiger partial charge >= 0.3 is 0 Å². The standard InChI is InChI=1S/C19H17Cl2FN4O2/c1-9(17-13(20)2-3-14(22)18(17)21)28-16-4-10(7-24-19(16)23)15-6-11-5-12(27)8-26(11)25-15/h2-4,6-7,9,12,27H,5,8H2,1H3,(H2,23,24). The average molecular weight is 423 g/mol. The summed E-state index contributed by atoms with van der Waals surface area (Å²) >= 11 is 12.2. The van der Waals surface area contributed by atoms with Crippen LogP contribution in [0.1, 0.15) is 24.3 Å². The molecule has 1 aromatic carbocycles. The number of nitrogen functional groups attached to an aromatic ring is 1. The number of halogens is 3. The van der Waals surface area contributed by atoms with Crippen molar-refractivity contribution in [2.75, 3.05) is 5.73 Å². The van der Waals surface area contributed by atoms with Crippen LogP contribution in [0.15, 0.2) is 30.5 Å². The van der Waals surface area contributed by atoms with Crippen LogP contribution in [0.5, 0.6) is 5.75 Å². The van der Waals surface area contributed by atoms with Gasteiger partial charge in [-0.2, -0.15) is 5.10 Å². The van der Waals surface area contributed by atoms with Crippen LogP contribution < -0.4 is 10.5 Å². The van der Waals surface area contributed by atoms with E-state index < -0.39 is 18.0 Å². The Morgan fingerprint density at radius 1 is 1.36 bits per heavy atom. The first-order valence-electron chi connectivity index (χ1n) is 8.64. The van der Waals surface area contributed by atoms with Gasteiger partial charge in [-0.15, -0.1) is 0 Å². The summed E-state index contributed by atoms with van der Waals surface area (Å²) in [4.78, 5) is 4.18. The van der Waals surface area contributed by atoms with Crippen molar-refractivity contribution in [3.8, 4) is 17.0 Å². The van der Waals surface area contributed by atoms with Crippen LogP contribution in [0.25, 0.3) is 11.3 Å². The number of rotatable bonds is 4. The molecule has 0 aliphatic carbocycles. The molecule has 0 radical (unpaired) electrons. The van der Waals surface area contributed by atoms with E-state index in [2.05, 4.69) is 10.1 Å². The lowest BCUT2D eigenvalue weighted by atomic mass is 10.1. The van der Waals surface area contributed by atoms with Crippen LogP contribution >= 0.6 is 23.2 Å². The van der Waals surface area contributed by atoms with Gasteiger partial charge in [0.2, 0.25) is 0 Å². The second kappa shape index (κ2) is 7.24. The highest BCUT2D eigenvalue weighted by atomic mass is 35.5. The Labute approximate surface area is 170 Å². The Kier molecular flexibility index (Phi) is 4.91. The quantitative estimate of drug-likeness (QED) is 0.619. The molecule has 2 unspecified atom stereocenters. The van der Waals surface area contributed by atoms with Gasteiger partial charge in [0.25, 0.3) is 0 Å². The van der Waals surface area contributed by atoms with Gasteiger partial charge in [-0.05, 0) is 31.2 Å². The molecule has 0 amide bonds. The van der Waals surface area contributed by atoms with E-state index in [1.165, 1.54) is 12.1 Å². The van der Waals surface area contributed by atoms with Gasteiger partial charge in [0.05, 0.1) is 23.4 Å². The van der Waals surface area contributed by atoms with Gasteiger partial charge in [-0.3, -0.25) is 4.68 Å². The van der Waals surface area contributed by atoms with Crippen molar-refractivity contribution < 1.29 is 14.2 Å². The Morgan fingerprint density at radius 3 is 2.89 bits per heavy atom. The summed E-state index contributed by atoms with van der Waals surface area (Å²) in [6, 6.07) is 6.24. The van der Waals surface area contributed by atoms with E-state index in [-0.39, 0.29) is 10.8 Å². The number of pyridine rings is 1. The number of nitrogens with two attached hydrogens (primary N) is 1. The van der Waals surface area contributed by atoms with Crippen molar-refractivity contribution in [1.29, 1.82) is 0 Å². The molecular weight excluding hydrogens is 406 g/mol. The molecule has 0 bridgehead atoms. The highest BCUT2D eigenvalue weighted by Gasteiger charge is 2.23. The predicted octanol–water partition coefficient (Wildman–Crippen LogP) is 4.03. The van der Waals surface area contributed by atoms with E-state index >= 15 is 0 Å². The van der Waals surface area contributed by atoms with Crippen LogP contribution in [0, 0.1) is 5.82 Å². The molecule has 0 fully saturated rings. The monoisotopic (exact) mass is 422 g/mol. The maximum Gasteiger partial charge on any atom is 0.166 e. The maximum atomic E-state index is 13.8. The molecule has 28 heavy (non-hydrogen) atoms. The predicted molar refractivity (Wildman–Crippen MR) is 105 cm³/mol. The largest absolute Gasteiger partial charge is 0.482 e. The fraction of sp³-hybridized carbons (Fsp3) is 0.263. The minimum atomic E-state index is -0.655. The summed E-state index contributed by atoms with van der Waals surface area (Å²) in [6.45, 7) is 2.17. The van der Waals surface area contributed by atoms with E-state index in [1.807, 2.05) is 6.07 Å². The number of hydrogen-bond donors (Lipinski definition) is 2. The summed E-state index contributed by atoms with van der Waals surface area (Å²) in [5, 5.41) is 14.4. The molecule has 2 aromatic heterocycles. The van der Waals surface area contributed by atoms with E-state index in [1.54, 1.807) is 23.9 Å². The summed E-state index contributed by atoms with van der Waals surface area (Å²) < 4.78 is 21.5. The number of aliphatic hydroxyl groups excluding tert-OH is 1. The number of anilines is 1. The molecule has 3 heterocycles. The fourth-order valence-corrected chi connectivity index (χ4v) is 3.96. The molecule has 1 aliphatic rings. The lowest BCUT2D eigenvalue weighted by Crippen LogP contribution is -2.09. The van der Waals surface area contributed by atoms with Crippen molar-refractivity contribution in [1.82, 2.24) is 14.8 Å². The van der Waals surface area contributed by atoms with Crippen molar-refractivity contribution in [2.45, 2.75) is 32.1 Å². The number of nitrogens with zero attached hydrogens (tertiary/aromatic N) is 3. The van der Waals surface area contributed by atoms with E-state index in [0.29, 0.717) is 40.6 Å². The number of fused-ring (bicyclic) bond motifs is 1. The number of hydrogen-bond acceptors (Lipinski definition) is 5. The molecule has 6 nitrogen and oxygen atoms in total. The van der Waals surface area contributed by atoms with Crippen molar-refractivity contribution >= 4 is 29.0 Å². The second-order valence-corrected chi connectivity index (χ2v) is 7.47. The number of aromatic nitrogens is 3. The minimum absolute atomic E-state index is 0.0910. The smallest absolute Gasteiger partial charge is 0.166 e. The first-order chi connectivity index (χ1) is 13.3. The lowest BCUT2D eigenvalue weighted by molar-refractivity contribution is 0.173. The minimum Gasteiger partial charge on any atom is -0.482 e. The first kappa shape index (κ1) is 19.0. The van der Waals surface area contributed by atoms with Crippen molar-refractivity contribution in [3.05, 3.63) is 57.6 Å². The van der Waals surface area contributed by atoms with E-state index in [9.17, 15) is 9.50 Å². The third-order valence-corrected chi connectivity index (χ3v) is 5.37. The van der Waals surface area contributed by atoms with Gasteiger partial charge in [0, 0.05) is 34.5 Å². The van der Waals surface area contributed by atoms with E-state index in [0.717, 1.165) is 5.69 Å². The van der Waals surface area contributed by atoms with Crippen LogP contribution in [0.3, 0.4) is 0 Å². The number of benzene rings is 1. The van der Waals surface area contributed by atoms with E-state index in [4.69, 9.17) is 33.7 Å². The third-order valence-electron chi connectivity index (χ3n) is 4.66. The van der Waals surface area contributed by atoms with Gasteiger partial charge in [0.1, 0.15) is 11.9 Å². The van der Waals surface area contributed by atoms with Gasteiger partial charge < -0.3 is 15.6 Å². The average Bonchev–Trinajstić information content (AvgIpc) is 3.18. The van der Waals surface area contributed by atoms with Gasteiger partial charge in [-0.25, -0.2) is 9.37 Å². The molecule has 2 atom stereocenters. The Hall–Kier alpha value is -2.35.